The van der Waals surface area contributed by atoms with Gasteiger partial charge in [-0.15, -0.1) is 0 Å². The maximum Gasteiger partial charge on any atom is 0.330 e. The third kappa shape index (κ3) is 10.7. The zero-order valence-electron chi connectivity index (χ0n) is 10.8. The quantitative estimate of drug-likeness (QED) is 0.435. The van der Waals surface area contributed by atoms with Crippen LogP contribution in [-0.2, 0) is 16.6 Å². The second-order valence-electron chi connectivity index (χ2n) is 3.66. The highest BCUT2D eigenvalue weighted by atomic mass is 16.5. The Labute approximate surface area is 103 Å². The van der Waals surface area contributed by atoms with Gasteiger partial charge in [-0.05, 0) is 6.42 Å². The average molecular weight is 238 g/mol. The Morgan fingerprint density at radius 3 is 2.65 bits per heavy atom. The van der Waals surface area contributed by atoms with E-state index >= 15 is 0 Å². The molecule has 0 aliphatic rings. The number of imidazole rings is 1. The molecule has 0 saturated carbocycles. The molecule has 0 fully saturated rings. The van der Waals surface area contributed by atoms with E-state index in [9.17, 15) is 4.79 Å². The zero-order chi connectivity index (χ0) is 12.9. The molecule has 0 N–H and O–H groups in total. The van der Waals surface area contributed by atoms with Gasteiger partial charge in [-0.3, -0.25) is 0 Å². The lowest BCUT2D eigenvalue weighted by Crippen LogP contribution is -2.01. The van der Waals surface area contributed by atoms with E-state index in [4.69, 9.17) is 4.74 Å². The summed E-state index contributed by atoms with van der Waals surface area (Å²) in [6.07, 6.45) is 11.1. The monoisotopic (exact) mass is 238 g/mol. The number of carbonyl (C=O) groups is 1. The Morgan fingerprint density at radius 2 is 2.24 bits per heavy atom. The van der Waals surface area contributed by atoms with Crippen molar-refractivity contribution in [3.8, 4) is 0 Å². The molecule has 4 heteroatoms. The highest BCUT2D eigenvalue weighted by molar-refractivity contribution is 5.81. The number of hydrogen-bond donors (Lipinski definition) is 0. The number of aromatic nitrogens is 2. The van der Waals surface area contributed by atoms with Crippen molar-refractivity contribution in [3.63, 3.8) is 0 Å². The molecule has 0 aliphatic carbocycles. The molecule has 0 aromatic carbocycles. The van der Waals surface area contributed by atoms with Crippen LogP contribution in [0.5, 0.6) is 0 Å². The van der Waals surface area contributed by atoms with Gasteiger partial charge in [-0.1, -0.05) is 32.8 Å². The van der Waals surface area contributed by atoms with Gasteiger partial charge in [0.1, 0.15) is 0 Å². The van der Waals surface area contributed by atoms with Crippen LogP contribution in [0.4, 0.5) is 0 Å². The number of hydrogen-bond acceptors (Lipinski definition) is 3. The Hall–Kier alpha value is -1.58. The molecule has 1 heterocycles. The van der Waals surface area contributed by atoms with Gasteiger partial charge in [-0.2, -0.15) is 0 Å². The first-order chi connectivity index (χ1) is 8.20. The normalized spacial score (nSPS) is 9.06. The first kappa shape index (κ1) is 15.4. The molecule has 0 spiro atoms. The molecule has 96 valence electrons. The zero-order valence-corrected chi connectivity index (χ0v) is 10.8. The van der Waals surface area contributed by atoms with Crippen LogP contribution in [0.1, 0.15) is 32.6 Å². The summed E-state index contributed by atoms with van der Waals surface area (Å²) in [5, 5.41) is 0. The molecule has 0 atom stereocenters. The van der Waals surface area contributed by atoms with E-state index in [0.29, 0.717) is 6.61 Å². The van der Waals surface area contributed by atoms with Crippen molar-refractivity contribution in [2.75, 3.05) is 6.61 Å². The molecule has 0 saturated heterocycles. The van der Waals surface area contributed by atoms with E-state index in [2.05, 4.69) is 18.5 Å². The second-order valence-corrected chi connectivity index (χ2v) is 3.66. The lowest BCUT2D eigenvalue weighted by Gasteiger charge is -1.99. The van der Waals surface area contributed by atoms with Crippen LogP contribution in [-0.4, -0.2) is 22.1 Å². The SMILES string of the molecule is C=CC(=O)OCCCCCC.Cn1ccnc1. The Kier molecular flexibility index (Phi) is 9.91. The van der Waals surface area contributed by atoms with Gasteiger partial charge in [0.15, 0.2) is 0 Å². The summed E-state index contributed by atoms with van der Waals surface area (Å²) in [6, 6.07) is 0. The van der Waals surface area contributed by atoms with E-state index < -0.39 is 0 Å². The highest BCUT2D eigenvalue weighted by Crippen LogP contribution is 1.98. The minimum absolute atomic E-state index is 0.318. The minimum atomic E-state index is -0.318. The molecule has 4 nitrogen and oxygen atoms in total. The predicted molar refractivity (Wildman–Crippen MR) is 68.5 cm³/mol. The first-order valence-electron chi connectivity index (χ1n) is 5.91. The molecule has 0 amide bonds. The molecule has 0 unspecified atom stereocenters. The van der Waals surface area contributed by atoms with Crippen molar-refractivity contribution in [3.05, 3.63) is 31.4 Å². The number of esters is 1. The van der Waals surface area contributed by atoms with E-state index in [1.165, 1.54) is 18.9 Å². The van der Waals surface area contributed by atoms with Gasteiger partial charge in [-0.25, -0.2) is 9.78 Å². The summed E-state index contributed by atoms with van der Waals surface area (Å²) in [5.41, 5.74) is 0. The van der Waals surface area contributed by atoms with Gasteiger partial charge in [0.25, 0.3) is 0 Å². The fourth-order valence-electron chi connectivity index (χ4n) is 1.09. The number of carbonyl (C=O) groups excluding carboxylic acids is 1. The molecular formula is C13H22N2O2. The summed E-state index contributed by atoms with van der Waals surface area (Å²) in [4.78, 5) is 14.3. The highest BCUT2D eigenvalue weighted by Gasteiger charge is 1.93. The molecule has 1 aromatic heterocycles. The third-order valence-corrected chi connectivity index (χ3v) is 2.05. The summed E-state index contributed by atoms with van der Waals surface area (Å²) < 4.78 is 6.67. The number of ether oxygens (including phenoxy) is 1. The van der Waals surface area contributed by atoms with Gasteiger partial charge in [0.05, 0.1) is 12.9 Å². The van der Waals surface area contributed by atoms with Crippen molar-refractivity contribution in [2.24, 2.45) is 7.05 Å². The minimum Gasteiger partial charge on any atom is -0.463 e. The first-order valence-corrected chi connectivity index (χ1v) is 5.91. The fraction of sp³-hybridized carbons (Fsp3) is 0.538. The number of nitrogens with zero attached hydrogens (tertiary/aromatic N) is 2. The smallest absolute Gasteiger partial charge is 0.330 e. The number of aryl methyl sites for hydroxylation is 1. The fourth-order valence-corrected chi connectivity index (χ4v) is 1.09. The number of rotatable bonds is 6. The van der Waals surface area contributed by atoms with Crippen molar-refractivity contribution >= 4 is 5.97 Å². The standard InChI is InChI=1S/C9H16O2.C4H6N2/c1-3-5-6-7-8-11-9(10)4-2;1-6-3-2-5-4-6/h4H,2-3,5-8H2,1H3;2-4H,1H3. The van der Waals surface area contributed by atoms with Crippen molar-refractivity contribution in [1.29, 1.82) is 0 Å². The second kappa shape index (κ2) is 10.9. The van der Waals surface area contributed by atoms with E-state index in [1.54, 1.807) is 12.5 Å². The molecule has 0 bridgehead atoms. The topological polar surface area (TPSA) is 44.1 Å². The van der Waals surface area contributed by atoms with E-state index in [1.807, 2.05) is 17.8 Å². The summed E-state index contributed by atoms with van der Waals surface area (Å²) in [5.74, 6) is -0.318. The van der Waals surface area contributed by atoms with Crippen LogP contribution >= 0.6 is 0 Å². The average Bonchev–Trinajstić information content (AvgIpc) is 2.80. The molecule has 17 heavy (non-hydrogen) atoms. The summed E-state index contributed by atoms with van der Waals surface area (Å²) in [6.45, 7) is 5.98. The van der Waals surface area contributed by atoms with Crippen LogP contribution in [0.3, 0.4) is 0 Å². The van der Waals surface area contributed by atoms with E-state index in [-0.39, 0.29) is 5.97 Å². The molecule has 0 aliphatic heterocycles. The Bertz CT molecular complexity index is 294. The largest absolute Gasteiger partial charge is 0.463 e. The van der Waals surface area contributed by atoms with Crippen LogP contribution < -0.4 is 0 Å². The Morgan fingerprint density at radius 1 is 1.47 bits per heavy atom. The van der Waals surface area contributed by atoms with Gasteiger partial charge < -0.3 is 9.30 Å². The maximum atomic E-state index is 10.5. The molecular weight excluding hydrogens is 216 g/mol. The van der Waals surface area contributed by atoms with Gasteiger partial charge >= 0.3 is 5.97 Å². The summed E-state index contributed by atoms with van der Waals surface area (Å²) >= 11 is 0. The lowest BCUT2D eigenvalue weighted by molar-refractivity contribution is -0.137. The number of unbranched alkanes of at least 4 members (excludes halogenated alkanes) is 3. The Balaban J connectivity index is 0.000000354. The van der Waals surface area contributed by atoms with Gasteiger partial charge in [0.2, 0.25) is 0 Å². The van der Waals surface area contributed by atoms with E-state index in [0.717, 1.165) is 12.8 Å². The van der Waals surface area contributed by atoms with Crippen LogP contribution in [0.25, 0.3) is 0 Å². The lowest BCUT2D eigenvalue weighted by atomic mass is 10.2. The van der Waals surface area contributed by atoms with Crippen molar-refractivity contribution in [1.82, 2.24) is 9.55 Å². The summed E-state index contributed by atoms with van der Waals surface area (Å²) in [7, 11) is 1.94. The van der Waals surface area contributed by atoms with Crippen LogP contribution in [0.15, 0.2) is 31.4 Å². The van der Waals surface area contributed by atoms with Crippen LogP contribution in [0.2, 0.25) is 0 Å². The van der Waals surface area contributed by atoms with Crippen molar-refractivity contribution in [2.45, 2.75) is 32.6 Å². The van der Waals surface area contributed by atoms with Crippen LogP contribution in [0, 0.1) is 0 Å². The molecule has 1 rings (SSSR count). The van der Waals surface area contributed by atoms with Gasteiger partial charge in [0, 0.05) is 25.5 Å². The van der Waals surface area contributed by atoms with Crippen molar-refractivity contribution < 1.29 is 9.53 Å². The molecule has 0 radical (unpaired) electrons. The molecule has 1 aromatic rings. The predicted octanol–water partition coefficient (Wildman–Crippen LogP) is 2.72. The third-order valence-electron chi connectivity index (χ3n) is 2.05. The maximum absolute atomic E-state index is 10.5.